The van der Waals surface area contributed by atoms with Gasteiger partial charge in [0.2, 0.25) is 5.91 Å². The Morgan fingerprint density at radius 3 is 2.06 bits per heavy atom. The number of hydrogen-bond acceptors (Lipinski definition) is 2. The van der Waals surface area contributed by atoms with E-state index in [-0.39, 0.29) is 0 Å². The quantitative estimate of drug-likeness (QED) is 0.837. The van der Waals surface area contributed by atoms with Gasteiger partial charge in [-0.25, -0.2) is 0 Å². The van der Waals surface area contributed by atoms with Crippen LogP contribution in [0, 0.1) is 23.7 Å². The van der Waals surface area contributed by atoms with E-state index in [0.717, 1.165) is 26.1 Å². The summed E-state index contributed by atoms with van der Waals surface area (Å²) in [7, 11) is 0. The van der Waals surface area contributed by atoms with E-state index in [0.29, 0.717) is 29.6 Å². The molecule has 0 spiro atoms. The maximum absolute atomic E-state index is 12.3. The molecule has 3 nitrogen and oxygen atoms in total. The number of amides is 1. The molecule has 18 heavy (non-hydrogen) atoms. The molecule has 0 radical (unpaired) electrons. The molecule has 3 heteroatoms. The molecule has 104 valence electrons. The van der Waals surface area contributed by atoms with Gasteiger partial charge in [0, 0.05) is 19.5 Å². The van der Waals surface area contributed by atoms with Gasteiger partial charge in [-0.3, -0.25) is 4.79 Å². The Balaban J connectivity index is 1.75. The highest BCUT2D eigenvalue weighted by Crippen LogP contribution is 2.31. The van der Waals surface area contributed by atoms with Crippen molar-refractivity contribution in [1.29, 1.82) is 0 Å². The third-order valence-corrected chi connectivity index (χ3v) is 5.10. The van der Waals surface area contributed by atoms with Gasteiger partial charge in [0.25, 0.3) is 0 Å². The lowest BCUT2D eigenvalue weighted by Gasteiger charge is -2.28. The van der Waals surface area contributed by atoms with Gasteiger partial charge in [0.1, 0.15) is 0 Å². The molecular weight excluding hydrogens is 224 g/mol. The van der Waals surface area contributed by atoms with Gasteiger partial charge in [0.15, 0.2) is 0 Å². The summed E-state index contributed by atoms with van der Waals surface area (Å²) in [6.07, 6.45) is 5.62. The number of carbonyl (C=O) groups excluding carboxylic acids is 1. The van der Waals surface area contributed by atoms with Gasteiger partial charge < -0.3 is 10.6 Å². The molecule has 1 aliphatic carbocycles. The Morgan fingerprint density at radius 2 is 1.56 bits per heavy atom. The highest BCUT2D eigenvalue weighted by Gasteiger charge is 2.31. The first-order chi connectivity index (χ1) is 8.60. The third kappa shape index (κ3) is 3.25. The van der Waals surface area contributed by atoms with Crippen LogP contribution >= 0.6 is 0 Å². The van der Waals surface area contributed by atoms with E-state index in [2.05, 4.69) is 18.7 Å². The molecule has 2 atom stereocenters. The standard InChI is InChI=1S/C15H28N2O/c1-11-9-17(10-12(11)2)15(18)7-13-3-5-14(8-16)6-4-13/h11-14H,3-10,16H2,1-2H3. The van der Waals surface area contributed by atoms with Crippen LogP contribution in [0.2, 0.25) is 0 Å². The van der Waals surface area contributed by atoms with Gasteiger partial charge in [0.05, 0.1) is 0 Å². The second kappa shape index (κ2) is 6.05. The second-order valence-electron chi connectivity index (χ2n) is 6.58. The van der Waals surface area contributed by atoms with Crippen LogP contribution in [0.15, 0.2) is 0 Å². The lowest BCUT2D eigenvalue weighted by Crippen LogP contribution is -2.31. The van der Waals surface area contributed by atoms with E-state index in [1.165, 1.54) is 25.7 Å². The van der Waals surface area contributed by atoms with Gasteiger partial charge in [-0.15, -0.1) is 0 Å². The number of rotatable bonds is 3. The van der Waals surface area contributed by atoms with E-state index >= 15 is 0 Å². The van der Waals surface area contributed by atoms with Crippen molar-refractivity contribution in [3.05, 3.63) is 0 Å². The molecule has 1 saturated heterocycles. The summed E-state index contributed by atoms with van der Waals surface area (Å²) in [4.78, 5) is 14.3. The highest BCUT2D eigenvalue weighted by molar-refractivity contribution is 5.76. The number of nitrogens with zero attached hydrogens (tertiary/aromatic N) is 1. The smallest absolute Gasteiger partial charge is 0.222 e. The maximum atomic E-state index is 12.3. The Kier molecular flexibility index (Phi) is 4.66. The van der Waals surface area contributed by atoms with Crippen molar-refractivity contribution in [1.82, 2.24) is 4.90 Å². The van der Waals surface area contributed by atoms with Gasteiger partial charge >= 0.3 is 0 Å². The Bertz CT molecular complexity index is 274. The molecular formula is C15H28N2O. The van der Waals surface area contributed by atoms with Crippen LogP contribution in [0.25, 0.3) is 0 Å². The Hall–Kier alpha value is -0.570. The zero-order chi connectivity index (χ0) is 13.1. The molecule has 1 heterocycles. The second-order valence-corrected chi connectivity index (χ2v) is 6.58. The molecule has 0 aromatic carbocycles. The average molecular weight is 252 g/mol. The van der Waals surface area contributed by atoms with Crippen molar-refractivity contribution in [2.75, 3.05) is 19.6 Å². The molecule has 2 N–H and O–H groups in total. The molecule has 0 aromatic heterocycles. The summed E-state index contributed by atoms with van der Waals surface area (Å²) in [5, 5.41) is 0. The summed E-state index contributed by atoms with van der Waals surface area (Å²) >= 11 is 0. The van der Waals surface area contributed by atoms with Crippen LogP contribution in [0.1, 0.15) is 46.0 Å². The van der Waals surface area contributed by atoms with E-state index < -0.39 is 0 Å². The molecule has 2 fully saturated rings. The van der Waals surface area contributed by atoms with Crippen molar-refractivity contribution in [3.8, 4) is 0 Å². The number of carbonyl (C=O) groups is 1. The monoisotopic (exact) mass is 252 g/mol. The van der Waals surface area contributed by atoms with Crippen molar-refractivity contribution >= 4 is 5.91 Å². The highest BCUT2D eigenvalue weighted by atomic mass is 16.2. The topological polar surface area (TPSA) is 46.3 Å². The molecule has 1 amide bonds. The summed E-state index contributed by atoms with van der Waals surface area (Å²) in [5.74, 6) is 3.06. The predicted octanol–water partition coefficient (Wildman–Crippen LogP) is 2.26. The molecule has 1 saturated carbocycles. The SMILES string of the molecule is CC1CN(C(=O)CC2CCC(CN)CC2)CC1C. The van der Waals surface area contributed by atoms with Gasteiger partial charge in [-0.05, 0) is 55.9 Å². The van der Waals surface area contributed by atoms with E-state index in [4.69, 9.17) is 5.73 Å². The predicted molar refractivity (Wildman–Crippen MR) is 74.0 cm³/mol. The first-order valence-electron chi connectivity index (χ1n) is 7.58. The van der Waals surface area contributed by atoms with Crippen molar-refractivity contribution < 1.29 is 4.79 Å². The average Bonchev–Trinajstić information content (AvgIpc) is 2.71. The fraction of sp³-hybridized carbons (Fsp3) is 0.933. The summed E-state index contributed by atoms with van der Waals surface area (Å²) < 4.78 is 0. The molecule has 0 aromatic rings. The molecule has 1 aliphatic heterocycles. The van der Waals surface area contributed by atoms with Crippen LogP contribution in [-0.2, 0) is 4.79 Å². The van der Waals surface area contributed by atoms with Gasteiger partial charge in [-0.2, -0.15) is 0 Å². The summed E-state index contributed by atoms with van der Waals surface area (Å²) in [6.45, 7) is 7.27. The largest absolute Gasteiger partial charge is 0.342 e. The van der Waals surface area contributed by atoms with Crippen LogP contribution in [0.4, 0.5) is 0 Å². The van der Waals surface area contributed by atoms with Crippen molar-refractivity contribution in [2.45, 2.75) is 46.0 Å². The minimum atomic E-state index is 0.391. The molecule has 2 rings (SSSR count). The normalized spacial score (nSPS) is 36.9. The van der Waals surface area contributed by atoms with Crippen LogP contribution in [0.3, 0.4) is 0 Å². The minimum absolute atomic E-state index is 0.391. The van der Waals surface area contributed by atoms with Crippen LogP contribution in [-0.4, -0.2) is 30.4 Å². The number of likely N-dealkylation sites (tertiary alicyclic amines) is 1. The third-order valence-electron chi connectivity index (χ3n) is 5.10. The maximum Gasteiger partial charge on any atom is 0.222 e. The van der Waals surface area contributed by atoms with E-state index in [9.17, 15) is 4.79 Å². The summed E-state index contributed by atoms with van der Waals surface area (Å²) in [5.41, 5.74) is 5.70. The zero-order valence-electron chi connectivity index (χ0n) is 11.9. The van der Waals surface area contributed by atoms with Gasteiger partial charge in [-0.1, -0.05) is 13.8 Å². The fourth-order valence-corrected chi connectivity index (χ4v) is 3.38. The van der Waals surface area contributed by atoms with Crippen molar-refractivity contribution in [2.24, 2.45) is 29.4 Å². The molecule has 2 aliphatic rings. The molecule has 0 bridgehead atoms. The van der Waals surface area contributed by atoms with Crippen LogP contribution in [0.5, 0.6) is 0 Å². The van der Waals surface area contributed by atoms with E-state index in [1.54, 1.807) is 0 Å². The minimum Gasteiger partial charge on any atom is -0.342 e. The van der Waals surface area contributed by atoms with E-state index in [1.807, 2.05) is 0 Å². The Labute approximate surface area is 111 Å². The first-order valence-corrected chi connectivity index (χ1v) is 7.58. The molecule has 2 unspecified atom stereocenters. The number of hydrogen-bond donors (Lipinski definition) is 1. The fourth-order valence-electron chi connectivity index (χ4n) is 3.38. The summed E-state index contributed by atoms with van der Waals surface area (Å²) in [6, 6.07) is 0. The zero-order valence-corrected chi connectivity index (χ0v) is 11.9. The van der Waals surface area contributed by atoms with Crippen molar-refractivity contribution in [3.63, 3.8) is 0 Å². The lowest BCUT2D eigenvalue weighted by atomic mass is 9.80. The van der Waals surface area contributed by atoms with Crippen LogP contribution < -0.4 is 5.73 Å². The Morgan fingerprint density at radius 1 is 1.06 bits per heavy atom. The number of nitrogens with two attached hydrogens (primary N) is 1. The first kappa shape index (κ1) is 13.9. The lowest BCUT2D eigenvalue weighted by molar-refractivity contribution is -0.131.